The van der Waals surface area contributed by atoms with Gasteiger partial charge in [0.2, 0.25) is 10.0 Å². The number of furan rings is 1. The SMILES string of the molecule is Cc1oc(CO)cc1S(=O)(=O)N(C)CCOC(C)C. The highest BCUT2D eigenvalue weighted by Crippen LogP contribution is 2.22. The Hall–Kier alpha value is -0.890. The molecule has 0 radical (unpaired) electrons. The first-order chi connectivity index (χ1) is 8.78. The van der Waals surface area contributed by atoms with E-state index < -0.39 is 10.0 Å². The van der Waals surface area contributed by atoms with Gasteiger partial charge in [-0.25, -0.2) is 8.42 Å². The van der Waals surface area contributed by atoms with E-state index in [0.29, 0.717) is 6.61 Å². The van der Waals surface area contributed by atoms with E-state index in [1.165, 1.54) is 17.4 Å². The van der Waals surface area contributed by atoms with Crippen molar-refractivity contribution >= 4 is 10.0 Å². The lowest BCUT2D eigenvalue weighted by molar-refractivity contribution is 0.0737. The third kappa shape index (κ3) is 4.04. The molecule has 0 aliphatic carbocycles. The molecule has 0 unspecified atom stereocenters. The van der Waals surface area contributed by atoms with Gasteiger partial charge in [0, 0.05) is 19.7 Å². The lowest BCUT2D eigenvalue weighted by Gasteiger charge is -2.17. The summed E-state index contributed by atoms with van der Waals surface area (Å²) in [5.41, 5.74) is 0. The molecular formula is C12H21NO5S. The molecule has 0 fully saturated rings. The van der Waals surface area contributed by atoms with Crippen molar-refractivity contribution in [3.8, 4) is 0 Å². The normalized spacial score (nSPS) is 12.6. The molecule has 0 aliphatic heterocycles. The third-order valence-electron chi connectivity index (χ3n) is 2.62. The van der Waals surface area contributed by atoms with Crippen molar-refractivity contribution in [1.82, 2.24) is 4.31 Å². The molecule has 0 saturated carbocycles. The minimum Gasteiger partial charge on any atom is -0.462 e. The molecule has 0 spiro atoms. The van der Waals surface area contributed by atoms with Crippen LogP contribution < -0.4 is 0 Å². The Morgan fingerprint density at radius 2 is 2.11 bits per heavy atom. The molecule has 0 aromatic carbocycles. The van der Waals surface area contributed by atoms with E-state index in [9.17, 15) is 8.42 Å². The van der Waals surface area contributed by atoms with Gasteiger partial charge in [0.25, 0.3) is 0 Å². The van der Waals surface area contributed by atoms with Gasteiger partial charge in [-0.05, 0) is 20.8 Å². The Morgan fingerprint density at radius 3 is 2.58 bits per heavy atom. The van der Waals surface area contributed by atoms with Crippen molar-refractivity contribution < 1.29 is 22.7 Å². The number of hydrogen-bond donors (Lipinski definition) is 1. The maximum Gasteiger partial charge on any atom is 0.246 e. The monoisotopic (exact) mass is 291 g/mol. The van der Waals surface area contributed by atoms with Crippen molar-refractivity contribution in [2.24, 2.45) is 0 Å². The molecule has 1 aromatic rings. The van der Waals surface area contributed by atoms with Crippen LogP contribution in [0.5, 0.6) is 0 Å². The van der Waals surface area contributed by atoms with Crippen LogP contribution >= 0.6 is 0 Å². The summed E-state index contributed by atoms with van der Waals surface area (Å²) in [5, 5.41) is 8.96. The number of rotatable bonds is 7. The fourth-order valence-corrected chi connectivity index (χ4v) is 2.90. The summed E-state index contributed by atoms with van der Waals surface area (Å²) in [4.78, 5) is 0.0867. The van der Waals surface area contributed by atoms with Crippen LogP contribution in [0.2, 0.25) is 0 Å². The van der Waals surface area contributed by atoms with Gasteiger partial charge in [-0.15, -0.1) is 0 Å². The predicted octanol–water partition coefficient (Wildman–Crippen LogP) is 1.13. The molecule has 0 atom stereocenters. The van der Waals surface area contributed by atoms with Crippen LogP contribution in [-0.2, 0) is 21.4 Å². The molecule has 0 bridgehead atoms. The van der Waals surface area contributed by atoms with Gasteiger partial charge >= 0.3 is 0 Å². The first-order valence-corrected chi connectivity index (χ1v) is 7.51. The Balaban J connectivity index is 2.81. The van der Waals surface area contributed by atoms with Crippen molar-refractivity contribution in [2.45, 2.75) is 38.4 Å². The largest absolute Gasteiger partial charge is 0.462 e. The lowest BCUT2D eigenvalue weighted by atomic mass is 10.4. The molecule has 1 N–H and O–H groups in total. The van der Waals surface area contributed by atoms with E-state index in [1.807, 2.05) is 13.8 Å². The summed E-state index contributed by atoms with van der Waals surface area (Å²) in [7, 11) is -2.12. The van der Waals surface area contributed by atoms with E-state index in [-0.39, 0.29) is 35.7 Å². The topological polar surface area (TPSA) is 80.0 Å². The van der Waals surface area contributed by atoms with Crippen LogP contribution in [0.1, 0.15) is 25.4 Å². The second-order valence-corrected chi connectivity index (χ2v) is 6.55. The van der Waals surface area contributed by atoms with Gasteiger partial charge in [0.15, 0.2) is 0 Å². The molecule has 0 amide bonds. The standard InChI is InChI=1S/C12H21NO5S/c1-9(2)17-6-5-13(4)19(15,16)12-7-11(8-14)18-10(12)3/h7,9,14H,5-6,8H2,1-4H3. The van der Waals surface area contributed by atoms with Gasteiger partial charge < -0.3 is 14.3 Å². The molecule has 110 valence electrons. The zero-order chi connectivity index (χ0) is 14.6. The van der Waals surface area contributed by atoms with Gasteiger partial charge in [0.05, 0.1) is 12.7 Å². The van der Waals surface area contributed by atoms with E-state index in [4.69, 9.17) is 14.3 Å². The zero-order valence-corrected chi connectivity index (χ0v) is 12.5. The number of nitrogens with zero attached hydrogens (tertiary/aromatic N) is 1. The molecular weight excluding hydrogens is 270 g/mol. The van der Waals surface area contributed by atoms with Crippen LogP contribution in [0.3, 0.4) is 0 Å². The Morgan fingerprint density at radius 1 is 1.47 bits per heavy atom. The summed E-state index contributed by atoms with van der Waals surface area (Å²) >= 11 is 0. The molecule has 7 heteroatoms. The van der Waals surface area contributed by atoms with E-state index in [1.54, 1.807) is 6.92 Å². The molecule has 1 rings (SSSR count). The van der Waals surface area contributed by atoms with Crippen LogP contribution in [0.4, 0.5) is 0 Å². The minimum atomic E-state index is -3.61. The molecule has 6 nitrogen and oxygen atoms in total. The van der Waals surface area contributed by atoms with Gasteiger partial charge in [-0.1, -0.05) is 0 Å². The summed E-state index contributed by atoms with van der Waals surface area (Å²) in [6, 6.07) is 1.35. The quantitative estimate of drug-likeness (QED) is 0.814. The van der Waals surface area contributed by atoms with Crippen LogP contribution in [0.25, 0.3) is 0 Å². The Labute approximate surface area is 114 Å². The second-order valence-electron chi connectivity index (χ2n) is 4.54. The highest BCUT2D eigenvalue weighted by Gasteiger charge is 2.25. The van der Waals surface area contributed by atoms with E-state index in [0.717, 1.165) is 0 Å². The van der Waals surface area contributed by atoms with Crippen molar-refractivity contribution in [3.05, 3.63) is 17.6 Å². The average molecular weight is 291 g/mol. The van der Waals surface area contributed by atoms with Crippen LogP contribution in [0, 0.1) is 6.92 Å². The summed E-state index contributed by atoms with van der Waals surface area (Å²) < 4.78 is 36.3. The van der Waals surface area contributed by atoms with Gasteiger partial charge in [-0.2, -0.15) is 4.31 Å². The average Bonchev–Trinajstić information content (AvgIpc) is 2.70. The summed E-state index contributed by atoms with van der Waals surface area (Å²) in [6.45, 7) is 5.61. The van der Waals surface area contributed by atoms with E-state index in [2.05, 4.69) is 0 Å². The maximum absolute atomic E-state index is 12.3. The van der Waals surface area contributed by atoms with Crippen LogP contribution in [0.15, 0.2) is 15.4 Å². The summed E-state index contributed by atoms with van der Waals surface area (Å²) in [6.07, 6.45) is 0.0627. The first-order valence-electron chi connectivity index (χ1n) is 6.07. The predicted molar refractivity (Wildman–Crippen MR) is 70.3 cm³/mol. The van der Waals surface area contributed by atoms with Crippen molar-refractivity contribution in [3.63, 3.8) is 0 Å². The van der Waals surface area contributed by atoms with Crippen LogP contribution in [-0.4, -0.2) is 44.1 Å². The van der Waals surface area contributed by atoms with Crippen molar-refractivity contribution in [1.29, 1.82) is 0 Å². The maximum atomic E-state index is 12.3. The molecule has 0 saturated heterocycles. The number of aliphatic hydroxyl groups excluding tert-OH is 1. The summed E-state index contributed by atoms with van der Waals surface area (Å²) in [5.74, 6) is 0.517. The highest BCUT2D eigenvalue weighted by atomic mass is 32.2. The highest BCUT2D eigenvalue weighted by molar-refractivity contribution is 7.89. The third-order valence-corrected chi connectivity index (χ3v) is 4.59. The van der Waals surface area contributed by atoms with Crippen molar-refractivity contribution in [2.75, 3.05) is 20.2 Å². The number of aliphatic hydroxyl groups is 1. The molecule has 1 aromatic heterocycles. The first kappa shape index (κ1) is 16.2. The fraction of sp³-hybridized carbons (Fsp3) is 0.667. The number of hydrogen-bond acceptors (Lipinski definition) is 5. The lowest BCUT2D eigenvalue weighted by Crippen LogP contribution is -2.31. The Bertz CT molecular complexity index is 506. The number of aryl methyl sites for hydroxylation is 1. The number of sulfonamides is 1. The molecule has 1 heterocycles. The second kappa shape index (κ2) is 6.51. The number of likely N-dealkylation sites (N-methyl/N-ethyl adjacent to an activating group) is 1. The molecule has 19 heavy (non-hydrogen) atoms. The van der Waals surface area contributed by atoms with E-state index >= 15 is 0 Å². The fourth-order valence-electron chi connectivity index (χ4n) is 1.56. The van der Waals surface area contributed by atoms with Gasteiger partial charge in [-0.3, -0.25) is 0 Å². The molecule has 0 aliphatic rings. The Kier molecular flexibility index (Phi) is 5.54. The smallest absolute Gasteiger partial charge is 0.246 e. The van der Waals surface area contributed by atoms with Gasteiger partial charge in [0.1, 0.15) is 23.0 Å². The minimum absolute atomic E-state index is 0.0627. The zero-order valence-electron chi connectivity index (χ0n) is 11.7. The number of ether oxygens (including phenoxy) is 1.